The molecule has 7 heteroatoms. The summed E-state index contributed by atoms with van der Waals surface area (Å²) in [6, 6.07) is 0. The summed E-state index contributed by atoms with van der Waals surface area (Å²) in [5.41, 5.74) is 0.699. The van der Waals surface area contributed by atoms with Gasteiger partial charge in [0.05, 0.1) is 12.1 Å². The van der Waals surface area contributed by atoms with Crippen LogP contribution in [0.1, 0.15) is 35.1 Å². The highest BCUT2D eigenvalue weighted by Gasteiger charge is 2.19. The van der Waals surface area contributed by atoms with Crippen LogP contribution in [0.4, 0.5) is 0 Å². The molecule has 0 fully saturated rings. The minimum absolute atomic E-state index is 0.0580. The lowest BCUT2D eigenvalue weighted by Crippen LogP contribution is -2.29. The molecule has 0 bridgehead atoms. The minimum Gasteiger partial charge on any atom is -0.481 e. The fraction of sp³-hybridized carbons (Fsp3) is 0.600. The van der Waals surface area contributed by atoms with Gasteiger partial charge >= 0.3 is 5.97 Å². The SMILES string of the molecule is CCCc1nnsc1C(=O)N(C)CCC(=O)O. The standard InChI is InChI=1S/C10H15N3O3S/c1-3-4-7-9(17-12-11-7)10(16)13(2)6-5-8(14)15/h3-6H2,1-2H3,(H,14,15). The van der Waals surface area contributed by atoms with Crippen LogP contribution in [0.5, 0.6) is 0 Å². The average Bonchev–Trinajstić information content (AvgIpc) is 2.73. The summed E-state index contributed by atoms with van der Waals surface area (Å²) < 4.78 is 3.77. The average molecular weight is 257 g/mol. The lowest BCUT2D eigenvalue weighted by Gasteiger charge is -2.14. The molecular weight excluding hydrogens is 242 g/mol. The number of hydrogen-bond donors (Lipinski definition) is 1. The molecule has 94 valence electrons. The summed E-state index contributed by atoms with van der Waals surface area (Å²) in [6.45, 7) is 2.19. The van der Waals surface area contributed by atoms with Gasteiger partial charge in [-0.15, -0.1) is 5.10 Å². The van der Waals surface area contributed by atoms with E-state index in [2.05, 4.69) is 9.59 Å². The topological polar surface area (TPSA) is 83.4 Å². The molecule has 0 atom stereocenters. The Labute approximate surface area is 103 Å². The molecule has 6 nitrogen and oxygen atoms in total. The van der Waals surface area contributed by atoms with Crippen molar-refractivity contribution in [3.63, 3.8) is 0 Å². The first kappa shape index (κ1) is 13.6. The van der Waals surface area contributed by atoms with Crippen molar-refractivity contribution in [1.82, 2.24) is 14.5 Å². The molecule has 17 heavy (non-hydrogen) atoms. The van der Waals surface area contributed by atoms with Crippen molar-refractivity contribution < 1.29 is 14.7 Å². The number of aromatic nitrogens is 2. The normalized spacial score (nSPS) is 10.2. The summed E-state index contributed by atoms with van der Waals surface area (Å²) in [6.07, 6.45) is 1.55. The van der Waals surface area contributed by atoms with Crippen molar-refractivity contribution in [3.05, 3.63) is 10.6 Å². The number of nitrogens with zero attached hydrogens (tertiary/aromatic N) is 3. The quantitative estimate of drug-likeness (QED) is 0.823. The van der Waals surface area contributed by atoms with Gasteiger partial charge in [0.25, 0.3) is 5.91 Å². The first-order chi connectivity index (χ1) is 8.06. The van der Waals surface area contributed by atoms with Crippen molar-refractivity contribution in [3.8, 4) is 0 Å². The lowest BCUT2D eigenvalue weighted by molar-refractivity contribution is -0.137. The number of amides is 1. The van der Waals surface area contributed by atoms with Crippen molar-refractivity contribution in [2.45, 2.75) is 26.2 Å². The summed E-state index contributed by atoms with van der Waals surface area (Å²) in [4.78, 5) is 24.3. The Morgan fingerprint density at radius 1 is 1.47 bits per heavy atom. The Balaban J connectivity index is 2.67. The van der Waals surface area contributed by atoms with Gasteiger partial charge in [0.15, 0.2) is 0 Å². The van der Waals surface area contributed by atoms with Crippen LogP contribution in [0.2, 0.25) is 0 Å². The molecule has 1 amide bonds. The van der Waals surface area contributed by atoms with E-state index in [0.29, 0.717) is 17.0 Å². The zero-order chi connectivity index (χ0) is 12.8. The maximum atomic E-state index is 12.0. The number of hydrogen-bond acceptors (Lipinski definition) is 5. The summed E-state index contributed by atoms with van der Waals surface area (Å²) >= 11 is 1.06. The maximum Gasteiger partial charge on any atom is 0.305 e. The van der Waals surface area contributed by atoms with Crippen LogP contribution in [0, 0.1) is 0 Å². The van der Waals surface area contributed by atoms with E-state index in [1.54, 1.807) is 7.05 Å². The first-order valence-corrected chi connectivity index (χ1v) is 6.12. The Hall–Kier alpha value is -1.50. The molecule has 1 heterocycles. The monoisotopic (exact) mass is 257 g/mol. The van der Waals surface area contributed by atoms with Crippen LogP contribution in [-0.2, 0) is 11.2 Å². The van der Waals surface area contributed by atoms with Crippen LogP contribution < -0.4 is 0 Å². The summed E-state index contributed by atoms with van der Waals surface area (Å²) in [7, 11) is 1.58. The van der Waals surface area contributed by atoms with Gasteiger partial charge in [-0.1, -0.05) is 17.8 Å². The fourth-order valence-electron chi connectivity index (χ4n) is 1.31. The Kier molecular flexibility index (Phi) is 5.02. The second kappa shape index (κ2) is 6.29. The highest BCUT2D eigenvalue weighted by Crippen LogP contribution is 2.14. The molecule has 1 aromatic heterocycles. The van der Waals surface area contributed by atoms with Gasteiger partial charge in [-0.25, -0.2) is 0 Å². The van der Waals surface area contributed by atoms with Crippen LogP contribution in [-0.4, -0.2) is 45.1 Å². The van der Waals surface area contributed by atoms with E-state index in [4.69, 9.17) is 5.11 Å². The van der Waals surface area contributed by atoms with Gasteiger partial charge in [-0.2, -0.15) is 0 Å². The van der Waals surface area contributed by atoms with Gasteiger partial charge in [-0.05, 0) is 18.0 Å². The highest BCUT2D eigenvalue weighted by molar-refractivity contribution is 7.07. The van der Waals surface area contributed by atoms with E-state index in [1.165, 1.54) is 4.90 Å². The number of carboxylic acid groups (broad SMARTS) is 1. The maximum absolute atomic E-state index is 12.0. The highest BCUT2D eigenvalue weighted by atomic mass is 32.1. The van der Waals surface area contributed by atoms with Crippen LogP contribution in [0.25, 0.3) is 0 Å². The second-order valence-electron chi connectivity index (χ2n) is 3.67. The molecular formula is C10H15N3O3S. The van der Waals surface area contributed by atoms with Crippen molar-refractivity contribution >= 4 is 23.4 Å². The molecule has 0 spiro atoms. The summed E-state index contributed by atoms with van der Waals surface area (Å²) in [5.74, 6) is -1.12. The zero-order valence-corrected chi connectivity index (χ0v) is 10.7. The predicted octanol–water partition coefficient (Wildman–Crippen LogP) is 1.04. The van der Waals surface area contributed by atoms with Gasteiger partial charge in [0, 0.05) is 13.6 Å². The third-order valence-electron chi connectivity index (χ3n) is 2.24. The number of rotatable bonds is 6. The van der Waals surface area contributed by atoms with E-state index in [0.717, 1.165) is 18.0 Å². The predicted molar refractivity (Wildman–Crippen MR) is 63.1 cm³/mol. The molecule has 0 aromatic carbocycles. The third kappa shape index (κ3) is 3.77. The van der Waals surface area contributed by atoms with Gasteiger partial charge in [0.1, 0.15) is 4.88 Å². The molecule has 0 aliphatic carbocycles. The van der Waals surface area contributed by atoms with Crippen LogP contribution >= 0.6 is 11.5 Å². The third-order valence-corrected chi connectivity index (χ3v) is 3.00. The Bertz CT molecular complexity index is 405. The first-order valence-electron chi connectivity index (χ1n) is 5.34. The van der Waals surface area contributed by atoms with Gasteiger partial charge in [-0.3, -0.25) is 9.59 Å². The summed E-state index contributed by atoms with van der Waals surface area (Å²) in [5, 5.41) is 12.5. The second-order valence-corrected chi connectivity index (χ2v) is 4.42. The molecule has 0 aliphatic rings. The smallest absolute Gasteiger partial charge is 0.305 e. The molecule has 0 radical (unpaired) electrons. The molecule has 0 saturated heterocycles. The van der Waals surface area contributed by atoms with E-state index < -0.39 is 5.97 Å². The molecule has 0 unspecified atom stereocenters. The van der Waals surface area contributed by atoms with Crippen LogP contribution in [0.3, 0.4) is 0 Å². The Morgan fingerprint density at radius 2 is 2.18 bits per heavy atom. The van der Waals surface area contributed by atoms with Crippen molar-refractivity contribution in [2.24, 2.45) is 0 Å². The van der Waals surface area contributed by atoms with E-state index in [-0.39, 0.29) is 18.9 Å². The lowest BCUT2D eigenvalue weighted by atomic mass is 10.2. The fourth-order valence-corrected chi connectivity index (χ4v) is 2.01. The molecule has 0 aliphatic heterocycles. The van der Waals surface area contributed by atoms with Gasteiger partial charge < -0.3 is 10.0 Å². The van der Waals surface area contributed by atoms with Crippen molar-refractivity contribution in [2.75, 3.05) is 13.6 Å². The van der Waals surface area contributed by atoms with E-state index in [9.17, 15) is 9.59 Å². The minimum atomic E-state index is -0.916. The van der Waals surface area contributed by atoms with Crippen LogP contribution in [0.15, 0.2) is 0 Å². The number of aliphatic carboxylic acids is 1. The number of carbonyl (C=O) groups is 2. The molecule has 0 saturated carbocycles. The molecule has 1 N–H and O–H groups in total. The Morgan fingerprint density at radius 3 is 2.76 bits per heavy atom. The number of carboxylic acids is 1. The van der Waals surface area contributed by atoms with E-state index >= 15 is 0 Å². The van der Waals surface area contributed by atoms with Crippen molar-refractivity contribution in [1.29, 1.82) is 0 Å². The molecule has 1 rings (SSSR count). The number of aryl methyl sites for hydroxylation is 1. The zero-order valence-electron chi connectivity index (χ0n) is 9.84. The van der Waals surface area contributed by atoms with E-state index in [1.807, 2.05) is 6.92 Å². The molecule has 1 aromatic rings. The largest absolute Gasteiger partial charge is 0.481 e. The van der Waals surface area contributed by atoms with Gasteiger partial charge in [0.2, 0.25) is 0 Å². The number of carbonyl (C=O) groups excluding carboxylic acids is 1.